The van der Waals surface area contributed by atoms with Crippen LogP contribution in [-0.2, 0) is 19.3 Å². The molecule has 210 valence electrons. The van der Waals surface area contributed by atoms with Gasteiger partial charge in [-0.3, -0.25) is 4.90 Å². The molecule has 10 heteroatoms. The summed E-state index contributed by atoms with van der Waals surface area (Å²) < 4.78 is 40.9. The Morgan fingerprint density at radius 1 is 0.780 bits per heavy atom. The van der Waals surface area contributed by atoms with Crippen LogP contribution in [0.5, 0.6) is 0 Å². The standard InChI is InChI=1S/C31H30F3N7/c32-31(33,34)24-13-11-23(12-14-24)20-41-21-35-27-28(38-30(39-29(27)41)37-25-9-5-2-6-10-25)36-26-15-17-40(18-16-26)19-22-7-3-1-4-8-22/h1-14,21,26H,15-20H2,(H2,36,37,38,39). The van der Waals surface area contributed by atoms with Gasteiger partial charge in [0.15, 0.2) is 17.0 Å². The second-order valence-corrected chi connectivity index (χ2v) is 10.3. The Labute approximate surface area is 236 Å². The van der Waals surface area contributed by atoms with Crippen molar-refractivity contribution < 1.29 is 13.2 Å². The van der Waals surface area contributed by atoms with Gasteiger partial charge >= 0.3 is 6.18 Å². The Morgan fingerprint density at radius 3 is 2.12 bits per heavy atom. The van der Waals surface area contributed by atoms with Crippen LogP contribution in [0.25, 0.3) is 11.2 Å². The number of fused-ring (bicyclic) bond motifs is 1. The summed E-state index contributed by atoms with van der Waals surface area (Å²) in [7, 11) is 0. The molecule has 2 N–H and O–H groups in total. The minimum atomic E-state index is -4.37. The minimum Gasteiger partial charge on any atom is -0.365 e. The fraction of sp³-hybridized carbons (Fsp3) is 0.258. The summed E-state index contributed by atoms with van der Waals surface area (Å²) in [5.41, 5.74) is 3.43. The normalized spacial score (nSPS) is 14.8. The average Bonchev–Trinajstić information content (AvgIpc) is 3.37. The first-order valence-corrected chi connectivity index (χ1v) is 13.6. The topological polar surface area (TPSA) is 70.9 Å². The van der Waals surface area contributed by atoms with E-state index in [9.17, 15) is 13.2 Å². The van der Waals surface area contributed by atoms with E-state index in [1.807, 2.05) is 41.0 Å². The van der Waals surface area contributed by atoms with Gasteiger partial charge in [0.05, 0.1) is 18.4 Å². The summed E-state index contributed by atoms with van der Waals surface area (Å²) in [6.07, 6.45) is -0.779. The highest BCUT2D eigenvalue weighted by Crippen LogP contribution is 2.30. The number of likely N-dealkylation sites (tertiary alicyclic amines) is 1. The molecule has 0 radical (unpaired) electrons. The van der Waals surface area contributed by atoms with Crippen LogP contribution >= 0.6 is 0 Å². The van der Waals surface area contributed by atoms with Gasteiger partial charge in [0.2, 0.25) is 5.95 Å². The molecule has 7 nitrogen and oxygen atoms in total. The van der Waals surface area contributed by atoms with Gasteiger partial charge in [0.25, 0.3) is 0 Å². The zero-order valence-electron chi connectivity index (χ0n) is 22.4. The van der Waals surface area contributed by atoms with Gasteiger partial charge in [0.1, 0.15) is 0 Å². The number of imidazole rings is 1. The molecule has 41 heavy (non-hydrogen) atoms. The molecule has 0 saturated carbocycles. The maximum Gasteiger partial charge on any atom is 0.416 e. The van der Waals surface area contributed by atoms with Crippen molar-refractivity contribution >= 4 is 28.6 Å². The highest BCUT2D eigenvalue weighted by Gasteiger charge is 2.30. The number of aromatic nitrogens is 4. The summed E-state index contributed by atoms with van der Waals surface area (Å²) in [6, 6.07) is 25.6. The number of hydrogen-bond acceptors (Lipinski definition) is 6. The van der Waals surface area contributed by atoms with Crippen molar-refractivity contribution in [3.8, 4) is 0 Å². The minimum absolute atomic E-state index is 0.227. The van der Waals surface area contributed by atoms with Gasteiger partial charge in [0, 0.05) is 31.4 Å². The predicted molar refractivity (Wildman–Crippen MR) is 154 cm³/mol. The number of nitrogens with zero attached hydrogens (tertiary/aromatic N) is 5. The van der Waals surface area contributed by atoms with Crippen LogP contribution in [0, 0.1) is 0 Å². The Balaban J connectivity index is 1.23. The van der Waals surface area contributed by atoms with Gasteiger partial charge in [-0.1, -0.05) is 60.7 Å². The van der Waals surface area contributed by atoms with Gasteiger partial charge in [-0.25, -0.2) is 4.98 Å². The largest absolute Gasteiger partial charge is 0.416 e. The molecule has 0 bridgehead atoms. The molecule has 5 aromatic rings. The van der Waals surface area contributed by atoms with Crippen molar-refractivity contribution in [2.24, 2.45) is 0 Å². The molecule has 1 aliphatic heterocycles. The molecular weight excluding hydrogens is 527 g/mol. The molecule has 2 aromatic heterocycles. The summed E-state index contributed by atoms with van der Waals surface area (Å²) in [5.74, 6) is 1.06. The van der Waals surface area contributed by atoms with E-state index in [1.165, 1.54) is 17.7 Å². The summed E-state index contributed by atoms with van der Waals surface area (Å²) in [5, 5.41) is 6.89. The molecule has 0 unspecified atom stereocenters. The molecule has 3 aromatic carbocycles. The SMILES string of the molecule is FC(F)(F)c1ccc(Cn2cnc3c(NC4CCN(Cc5ccccc5)CC4)nc(Nc4ccccc4)nc32)cc1. The molecule has 0 aliphatic carbocycles. The van der Waals surface area contributed by atoms with E-state index in [0.717, 1.165) is 50.3 Å². The van der Waals surface area contributed by atoms with E-state index in [2.05, 4.69) is 44.8 Å². The van der Waals surface area contributed by atoms with Crippen LogP contribution in [-0.4, -0.2) is 43.6 Å². The number of piperidine rings is 1. The van der Waals surface area contributed by atoms with Crippen LogP contribution in [0.2, 0.25) is 0 Å². The maximum absolute atomic E-state index is 13.0. The van der Waals surface area contributed by atoms with Crippen LogP contribution in [0.1, 0.15) is 29.5 Å². The van der Waals surface area contributed by atoms with E-state index in [1.54, 1.807) is 6.33 Å². The molecule has 0 atom stereocenters. The first-order valence-electron chi connectivity index (χ1n) is 13.6. The lowest BCUT2D eigenvalue weighted by Gasteiger charge is -2.32. The first-order chi connectivity index (χ1) is 19.9. The summed E-state index contributed by atoms with van der Waals surface area (Å²) in [4.78, 5) is 16.6. The molecule has 1 saturated heterocycles. The third-order valence-electron chi connectivity index (χ3n) is 7.31. The van der Waals surface area contributed by atoms with Crippen LogP contribution < -0.4 is 10.6 Å². The molecular formula is C31H30F3N7. The zero-order valence-corrected chi connectivity index (χ0v) is 22.4. The Kier molecular flexibility index (Phi) is 7.56. The predicted octanol–water partition coefficient (Wildman–Crippen LogP) is 6.71. The third kappa shape index (κ3) is 6.49. The maximum atomic E-state index is 13.0. The summed E-state index contributed by atoms with van der Waals surface area (Å²) in [6.45, 7) is 3.20. The van der Waals surface area contributed by atoms with Crippen LogP contribution in [0.15, 0.2) is 91.3 Å². The number of nitrogens with one attached hydrogen (secondary N) is 2. The number of hydrogen-bond donors (Lipinski definition) is 2. The fourth-order valence-electron chi connectivity index (χ4n) is 5.13. The highest BCUT2D eigenvalue weighted by molar-refractivity contribution is 5.85. The van der Waals surface area contributed by atoms with E-state index >= 15 is 0 Å². The van der Waals surface area contributed by atoms with E-state index in [4.69, 9.17) is 9.97 Å². The number of anilines is 3. The van der Waals surface area contributed by atoms with E-state index in [0.29, 0.717) is 35.0 Å². The van der Waals surface area contributed by atoms with E-state index < -0.39 is 11.7 Å². The van der Waals surface area contributed by atoms with Gasteiger partial charge in [-0.05, 0) is 48.2 Å². The lowest BCUT2D eigenvalue weighted by Crippen LogP contribution is -2.38. The number of benzene rings is 3. The smallest absolute Gasteiger partial charge is 0.365 e. The Hall–Kier alpha value is -4.44. The van der Waals surface area contributed by atoms with Gasteiger partial charge in [-0.2, -0.15) is 23.1 Å². The van der Waals surface area contributed by atoms with Gasteiger partial charge < -0.3 is 15.2 Å². The van der Waals surface area contributed by atoms with Crippen molar-refractivity contribution in [1.29, 1.82) is 0 Å². The first kappa shape index (κ1) is 26.8. The quantitative estimate of drug-likeness (QED) is 0.221. The molecule has 3 heterocycles. The summed E-state index contributed by atoms with van der Waals surface area (Å²) >= 11 is 0. The zero-order chi connectivity index (χ0) is 28.2. The second-order valence-electron chi connectivity index (χ2n) is 10.3. The van der Waals surface area contributed by atoms with Crippen molar-refractivity contribution in [3.05, 3.63) is 108 Å². The number of alkyl halides is 3. The van der Waals surface area contributed by atoms with E-state index in [-0.39, 0.29) is 6.04 Å². The number of rotatable bonds is 8. The monoisotopic (exact) mass is 557 g/mol. The Bertz CT molecular complexity index is 1580. The van der Waals surface area contributed by atoms with Crippen LogP contribution in [0.3, 0.4) is 0 Å². The average molecular weight is 558 g/mol. The van der Waals surface area contributed by atoms with Crippen molar-refractivity contribution in [3.63, 3.8) is 0 Å². The van der Waals surface area contributed by atoms with Crippen molar-refractivity contribution in [1.82, 2.24) is 24.4 Å². The molecule has 0 spiro atoms. The second kappa shape index (κ2) is 11.6. The molecule has 1 aliphatic rings. The molecule has 1 fully saturated rings. The molecule has 6 rings (SSSR count). The third-order valence-corrected chi connectivity index (χ3v) is 7.31. The fourth-order valence-corrected chi connectivity index (χ4v) is 5.13. The number of halogens is 3. The van der Waals surface area contributed by atoms with Crippen molar-refractivity contribution in [2.75, 3.05) is 23.7 Å². The van der Waals surface area contributed by atoms with Crippen LogP contribution in [0.4, 0.5) is 30.6 Å². The highest BCUT2D eigenvalue weighted by atomic mass is 19.4. The Morgan fingerprint density at radius 2 is 1.44 bits per heavy atom. The van der Waals surface area contributed by atoms with Crippen molar-refractivity contribution in [2.45, 2.75) is 38.1 Å². The molecule has 0 amide bonds. The lowest BCUT2D eigenvalue weighted by molar-refractivity contribution is -0.137. The number of para-hydroxylation sites is 1. The van der Waals surface area contributed by atoms with Gasteiger partial charge in [-0.15, -0.1) is 0 Å². The lowest BCUT2D eigenvalue weighted by atomic mass is 10.0.